The summed E-state index contributed by atoms with van der Waals surface area (Å²) < 4.78 is 51.4. The largest absolute Gasteiger partial charge is 0.353 e. The molecule has 1 aromatic rings. The first-order chi connectivity index (χ1) is 26.1. The summed E-state index contributed by atoms with van der Waals surface area (Å²) >= 11 is 5.52. The number of ether oxygens (including phenoxy) is 8. The van der Waals surface area contributed by atoms with E-state index in [2.05, 4.69) is 53.2 Å². The van der Waals surface area contributed by atoms with Crippen molar-refractivity contribution in [2.24, 2.45) is 11.8 Å². The van der Waals surface area contributed by atoms with Crippen LogP contribution in [0, 0.1) is 11.8 Å². The van der Waals surface area contributed by atoms with Crippen molar-refractivity contribution in [1.29, 1.82) is 0 Å². The predicted octanol–water partition coefficient (Wildman–Crippen LogP) is 9.90. The highest BCUT2D eigenvalue weighted by Crippen LogP contribution is 2.49. The molecule has 0 aromatic carbocycles. The first-order valence-electron chi connectivity index (χ1n) is 20.7. The number of hydrogen-bond acceptors (Lipinski definition) is 10. The Morgan fingerprint density at radius 1 is 0.830 bits per heavy atom. The summed E-state index contributed by atoms with van der Waals surface area (Å²) in [7, 11) is 0. The molecule has 53 heavy (non-hydrogen) atoms. The third-order valence-corrected chi connectivity index (χ3v) is 12.8. The lowest BCUT2D eigenvalue weighted by Gasteiger charge is -2.33. The fraction of sp³-hybridized carbons (Fsp3) is 0.786. The molecule has 5 fully saturated rings. The zero-order valence-electron chi connectivity index (χ0n) is 31.8. The Morgan fingerprint density at radius 2 is 1.45 bits per heavy atom. The van der Waals surface area contributed by atoms with Crippen LogP contribution in [0.4, 0.5) is 0 Å². The zero-order valence-corrected chi connectivity index (χ0v) is 34.2. The molecule has 5 aliphatic rings. The van der Waals surface area contributed by atoms with Crippen molar-refractivity contribution in [2.45, 2.75) is 166 Å². The van der Waals surface area contributed by atoms with E-state index in [1.54, 1.807) is 11.3 Å². The summed E-state index contributed by atoms with van der Waals surface area (Å²) in [6.45, 7) is 5.28. The summed E-state index contributed by atoms with van der Waals surface area (Å²) in [5, 5.41) is 0. The molecule has 9 atom stereocenters. The number of Topliss-reactive ketones (excluding diaryl/α,β-unsaturated/α-hetero) is 1. The number of allylic oxidation sites excluding steroid dienone is 2. The van der Waals surface area contributed by atoms with Gasteiger partial charge in [0.05, 0.1) is 22.1 Å². The second kappa shape index (κ2) is 22.7. The van der Waals surface area contributed by atoms with Crippen molar-refractivity contribution < 1.29 is 42.7 Å². The van der Waals surface area contributed by atoms with Crippen molar-refractivity contribution in [3.8, 4) is 0 Å². The number of unbranched alkanes of at least 4 members (excludes halogenated alkanes) is 1. The summed E-state index contributed by atoms with van der Waals surface area (Å²) in [6, 6.07) is 4.37. The number of hydrogen-bond donors (Lipinski definition) is 0. The maximum atomic E-state index is 12.6. The van der Waals surface area contributed by atoms with E-state index in [9.17, 15) is 4.79 Å². The Balaban J connectivity index is 1.21. The number of ketones is 1. The van der Waals surface area contributed by atoms with Gasteiger partial charge in [0.2, 0.25) is 0 Å². The maximum Gasteiger partial charge on any atom is 0.158 e. The molecule has 1 saturated carbocycles. The van der Waals surface area contributed by atoms with Crippen LogP contribution in [-0.2, 0) is 42.7 Å². The molecule has 5 heterocycles. The molecule has 0 bridgehead atoms. The highest BCUT2D eigenvalue weighted by atomic mass is 79.9. The van der Waals surface area contributed by atoms with E-state index < -0.39 is 0 Å². The number of thiophene rings is 1. The SMILES string of the molecule is CCC(/C=C(/c1ccc(Br)s1)[C@H]1[C@@H](C/C=C\CCCC(=O)COC2CCCCO2)[C@@H](OC2CCCCO2)C[C@H]1OC1CCCCO1)O[C@@H]1CCCCO1. The van der Waals surface area contributed by atoms with Crippen molar-refractivity contribution in [3.05, 3.63) is 39.0 Å². The summed E-state index contributed by atoms with van der Waals surface area (Å²) in [4.78, 5) is 13.8. The predicted molar refractivity (Wildman–Crippen MR) is 209 cm³/mol. The molecule has 0 N–H and O–H groups in total. The van der Waals surface area contributed by atoms with Gasteiger partial charge in [-0.3, -0.25) is 4.79 Å². The van der Waals surface area contributed by atoms with Crippen LogP contribution in [0.5, 0.6) is 0 Å². The molecule has 298 valence electrons. The van der Waals surface area contributed by atoms with Gasteiger partial charge in [-0.05, 0) is 142 Å². The number of rotatable bonds is 19. The second-order valence-electron chi connectivity index (χ2n) is 15.2. The van der Waals surface area contributed by atoms with Gasteiger partial charge in [0.15, 0.2) is 30.9 Å². The van der Waals surface area contributed by atoms with Gasteiger partial charge >= 0.3 is 0 Å². The molecule has 9 nitrogen and oxygen atoms in total. The Hall–Kier alpha value is -0.990. The minimum Gasteiger partial charge on any atom is -0.353 e. The molecule has 11 heteroatoms. The lowest BCUT2D eigenvalue weighted by molar-refractivity contribution is -0.203. The molecule has 0 amide bonds. The highest BCUT2D eigenvalue weighted by Gasteiger charge is 2.48. The highest BCUT2D eigenvalue weighted by molar-refractivity contribution is 9.11. The van der Waals surface area contributed by atoms with Crippen molar-refractivity contribution in [1.82, 2.24) is 0 Å². The van der Waals surface area contributed by atoms with Crippen molar-refractivity contribution >= 4 is 38.6 Å². The lowest BCUT2D eigenvalue weighted by atomic mass is 9.82. The van der Waals surface area contributed by atoms with Crippen molar-refractivity contribution in [3.63, 3.8) is 0 Å². The number of carbonyl (C=O) groups excluding carboxylic acids is 1. The van der Waals surface area contributed by atoms with Gasteiger partial charge in [0.25, 0.3) is 0 Å². The van der Waals surface area contributed by atoms with Gasteiger partial charge in [-0.15, -0.1) is 11.3 Å². The first kappa shape index (κ1) is 41.6. The van der Waals surface area contributed by atoms with Crippen LogP contribution in [0.1, 0.15) is 127 Å². The molecule has 4 saturated heterocycles. The van der Waals surface area contributed by atoms with E-state index in [-0.39, 0.29) is 67.7 Å². The van der Waals surface area contributed by atoms with Crippen LogP contribution in [0.2, 0.25) is 0 Å². The Kier molecular flexibility index (Phi) is 17.8. The normalized spacial score (nSPS) is 32.3. The molecular weight excluding hydrogens is 760 g/mol. The van der Waals surface area contributed by atoms with Crippen LogP contribution in [0.15, 0.2) is 34.1 Å². The Bertz CT molecular complexity index is 1260. The smallest absolute Gasteiger partial charge is 0.158 e. The summed E-state index contributed by atoms with van der Waals surface area (Å²) in [6.07, 6.45) is 22.8. The molecule has 1 aromatic heterocycles. The minimum absolute atomic E-state index is 0.0449. The third kappa shape index (κ3) is 13.3. The zero-order chi connectivity index (χ0) is 36.7. The standard InChI is InChI=1S/C42H63BrO9S/c1-2-31(50-39-18-8-12-24-46-39)27-33(36-21-22-37(43)53-36)42-32(16-6-4-3-5-15-30(44)29-49-38-17-7-11-23-45-38)34(51-40-19-9-13-25-47-40)28-35(42)52-41-20-10-14-26-48-41/h4,6,21-22,27,31-32,34-35,38-42H,2-3,5,7-20,23-26,28-29H2,1H3/b6-4-,33-27-/t31?,32-,34-,35+,38?,39+,40?,41?,42+/m0/s1. The average Bonchev–Trinajstić information content (AvgIpc) is 3.77. The molecule has 4 aliphatic heterocycles. The Morgan fingerprint density at radius 3 is 2.04 bits per heavy atom. The lowest BCUT2D eigenvalue weighted by Crippen LogP contribution is -2.33. The van der Waals surface area contributed by atoms with E-state index in [4.69, 9.17) is 37.9 Å². The first-order valence-corrected chi connectivity index (χ1v) is 22.3. The summed E-state index contributed by atoms with van der Waals surface area (Å²) in [5.41, 5.74) is 1.26. The van der Waals surface area contributed by atoms with Gasteiger partial charge in [0, 0.05) is 50.1 Å². The second-order valence-corrected chi connectivity index (χ2v) is 17.7. The van der Waals surface area contributed by atoms with Gasteiger partial charge < -0.3 is 37.9 Å². The van der Waals surface area contributed by atoms with Crippen LogP contribution in [0.3, 0.4) is 0 Å². The minimum atomic E-state index is -0.229. The summed E-state index contributed by atoms with van der Waals surface area (Å²) in [5.74, 6) is 0.332. The van der Waals surface area contributed by atoms with Crippen molar-refractivity contribution in [2.75, 3.05) is 33.0 Å². The molecule has 0 radical (unpaired) electrons. The Labute approximate surface area is 329 Å². The van der Waals surface area contributed by atoms with E-state index in [1.807, 2.05) is 0 Å². The maximum absolute atomic E-state index is 12.6. The van der Waals surface area contributed by atoms with Gasteiger partial charge in [0.1, 0.15) is 6.61 Å². The topological polar surface area (TPSA) is 90.9 Å². The van der Waals surface area contributed by atoms with E-state index in [1.165, 1.54) is 10.5 Å². The average molecular weight is 824 g/mol. The van der Waals surface area contributed by atoms with Gasteiger partial charge in [-0.1, -0.05) is 25.2 Å². The fourth-order valence-corrected chi connectivity index (χ4v) is 9.75. The third-order valence-electron chi connectivity index (χ3n) is 11.2. The van der Waals surface area contributed by atoms with Gasteiger partial charge in [-0.25, -0.2) is 0 Å². The van der Waals surface area contributed by atoms with Crippen LogP contribution >= 0.6 is 27.3 Å². The van der Waals surface area contributed by atoms with Crippen LogP contribution < -0.4 is 0 Å². The van der Waals surface area contributed by atoms with E-state index in [0.29, 0.717) is 6.42 Å². The van der Waals surface area contributed by atoms with E-state index >= 15 is 0 Å². The monoisotopic (exact) mass is 822 g/mol. The number of halogens is 1. The number of carbonyl (C=O) groups is 1. The quantitative estimate of drug-likeness (QED) is 0.0999. The molecule has 1 aliphatic carbocycles. The van der Waals surface area contributed by atoms with Crippen LogP contribution in [0.25, 0.3) is 5.57 Å². The van der Waals surface area contributed by atoms with E-state index in [0.717, 1.165) is 139 Å². The fourth-order valence-electron chi connectivity index (χ4n) is 8.29. The molecular formula is C42H63BrO9S. The molecule has 0 spiro atoms. The van der Waals surface area contributed by atoms with Crippen LogP contribution in [-0.4, -0.2) is 82.3 Å². The van der Waals surface area contributed by atoms with Gasteiger partial charge in [-0.2, -0.15) is 0 Å². The molecule has 4 unspecified atom stereocenters. The molecule has 6 rings (SSSR count).